The monoisotopic (exact) mass is 395 g/mol. The predicted octanol–water partition coefficient (Wildman–Crippen LogP) is 5.90. The molecule has 27 heavy (non-hydrogen) atoms. The molecule has 0 aliphatic heterocycles. The Morgan fingerprint density at radius 2 is 1.67 bits per heavy atom. The third kappa shape index (κ3) is 7.77. The summed E-state index contributed by atoms with van der Waals surface area (Å²) in [5, 5.41) is 3.47. The zero-order chi connectivity index (χ0) is 18.6. The molecule has 3 nitrogen and oxygen atoms in total. The number of nitrogens with one attached hydrogen (secondary N) is 1. The van der Waals surface area contributed by atoms with Gasteiger partial charge in [0.1, 0.15) is 12.4 Å². The van der Waals surface area contributed by atoms with Crippen molar-refractivity contribution in [3.63, 3.8) is 0 Å². The van der Waals surface area contributed by atoms with Crippen molar-refractivity contribution in [2.45, 2.75) is 52.2 Å². The van der Waals surface area contributed by atoms with E-state index < -0.39 is 0 Å². The van der Waals surface area contributed by atoms with Crippen molar-refractivity contribution >= 4 is 12.4 Å². The quantitative estimate of drug-likeness (QED) is 0.454. The topological polar surface area (TPSA) is 30.5 Å². The van der Waals surface area contributed by atoms with Crippen LogP contribution in [0, 0.1) is 5.82 Å². The molecule has 0 atom stereocenters. The van der Waals surface area contributed by atoms with Crippen LogP contribution < -0.4 is 14.8 Å². The molecule has 0 saturated heterocycles. The number of rotatable bonds is 12. The fourth-order valence-electron chi connectivity index (χ4n) is 2.87. The van der Waals surface area contributed by atoms with E-state index in [2.05, 4.69) is 12.2 Å². The van der Waals surface area contributed by atoms with Crippen molar-refractivity contribution in [3.05, 3.63) is 59.4 Å². The standard InChI is InChI=1S/C22H30FNO2.ClH/c1-3-4-5-6-9-15-24-16-18-12-10-14-21(25-2)22(18)26-17-19-11-7-8-13-20(19)23;/h7-8,10-14,24H,3-6,9,15-17H2,1-2H3;1H. The van der Waals surface area contributed by atoms with E-state index in [9.17, 15) is 4.39 Å². The Morgan fingerprint density at radius 3 is 2.41 bits per heavy atom. The minimum atomic E-state index is -0.255. The van der Waals surface area contributed by atoms with Gasteiger partial charge in [-0.3, -0.25) is 0 Å². The molecule has 0 aliphatic carbocycles. The van der Waals surface area contributed by atoms with Gasteiger partial charge in [-0.1, -0.05) is 62.9 Å². The highest BCUT2D eigenvalue weighted by Gasteiger charge is 2.12. The molecule has 0 amide bonds. The lowest BCUT2D eigenvalue weighted by Crippen LogP contribution is -2.15. The fourth-order valence-corrected chi connectivity index (χ4v) is 2.87. The predicted molar refractivity (Wildman–Crippen MR) is 111 cm³/mol. The van der Waals surface area contributed by atoms with E-state index in [1.807, 2.05) is 24.3 Å². The van der Waals surface area contributed by atoms with Crippen molar-refractivity contribution < 1.29 is 13.9 Å². The molecule has 0 unspecified atom stereocenters. The van der Waals surface area contributed by atoms with Gasteiger partial charge in [0, 0.05) is 17.7 Å². The molecule has 2 aromatic rings. The number of unbranched alkanes of at least 4 members (excludes halogenated alkanes) is 4. The van der Waals surface area contributed by atoms with Gasteiger partial charge in [0.05, 0.1) is 7.11 Å². The molecule has 2 aromatic carbocycles. The maximum atomic E-state index is 13.8. The van der Waals surface area contributed by atoms with Crippen molar-refractivity contribution in [3.8, 4) is 11.5 Å². The van der Waals surface area contributed by atoms with Crippen LogP contribution in [-0.4, -0.2) is 13.7 Å². The van der Waals surface area contributed by atoms with E-state index in [1.165, 1.54) is 38.2 Å². The van der Waals surface area contributed by atoms with E-state index in [0.29, 0.717) is 23.6 Å². The second kappa shape index (κ2) is 13.4. The van der Waals surface area contributed by atoms with Crippen LogP contribution in [-0.2, 0) is 13.2 Å². The van der Waals surface area contributed by atoms with Gasteiger partial charge in [0.15, 0.2) is 11.5 Å². The minimum absolute atomic E-state index is 0. The largest absolute Gasteiger partial charge is 0.493 e. The van der Waals surface area contributed by atoms with Gasteiger partial charge in [0.25, 0.3) is 0 Å². The molecular weight excluding hydrogens is 365 g/mol. The zero-order valence-electron chi connectivity index (χ0n) is 16.3. The third-order valence-corrected chi connectivity index (χ3v) is 4.38. The highest BCUT2D eigenvalue weighted by molar-refractivity contribution is 5.85. The lowest BCUT2D eigenvalue weighted by molar-refractivity contribution is 0.276. The van der Waals surface area contributed by atoms with Gasteiger partial charge >= 0.3 is 0 Å². The molecule has 0 fully saturated rings. The Labute approximate surface area is 168 Å². The molecule has 150 valence electrons. The summed E-state index contributed by atoms with van der Waals surface area (Å²) in [7, 11) is 1.62. The van der Waals surface area contributed by atoms with Crippen molar-refractivity contribution in [1.29, 1.82) is 0 Å². The van der Waals surface area contributed by atoms with E-state index in [1.54, 1.807) is 19.2 Å². The number of hydrogen-bond donors (Lipinski definition) is 1. The minimum Gasteiger partial charge on any atom is -0.493 e. The van der Waals surface area contributed by atoms with Crippen LogP contribution in [0.25, 0.3) is 0 Å². The summed E-state index contributed by atoms with van der Waals surface area (Å²) >= 11 is 0. The summed E-state index contributed by atoms with van der Waals surface area (Å²) < 4.78 is 25.2. The Kier molecular flexibility index (Phi) is 11.5. The lowest BCUT2D eigenvalue weighted by atomic mass is 10.1. The maximum Gasteiger partial charge on any atom is 0.166 e. The Hall–Kier alpha value is -1.78. The second-order valence-electron chi connectivity index (χ2n) is 6.42. The summed E-state index contributed by atoms with van der Waals surface area (Å²) in [5.74, 6) is 1.09. The summed E-state index contributed by atoms with van der Waals surface area (Å²) in [6.45, 7) is 4.09. The summed E-state index contributed by atoms with van der Waals surface area (Å²) in [5.41, 5.74) is 1.56. The van der Waals surface area contributed by atoms with Crippen LogP contribution in [0.5, 0.6) is 11.5 Å². The number of ether oxygens (including phenoxy) is 2. The lowest BCUT2D eigenvalue weighted by Gasteiger charge is -2.16. The van der Waals surface area contributed by atoms with Gasteiger partial charge in [-0.15, -0.1) is 12.4 Å². The number of halogens is 2. The van der Waals surface area contributed by atoms with E-state index in [4.69, 9.17) is 9.47 Å². The Bertz CT molecular complexity index is 667. The molecule has 2 rings (SSSR count). The molecular formula is C22H31ClFNO2. The van der Waals surface area contributed by atoms with Gasteiger partial charge in [0.2, 0.25) is 0 Å². The van der Waals surface area contributed by atoms with Gasteiger partial charge < -0.3 is 14.8 Å². The molecule has 1 N–H and O–H groups in total. The van der Waals surface area contributed by atoms with Gasteiger partial charge in [-0.25, -0.2) is 4.39 Å². The maximum absolute atomic E-state index is 13.8. The van der Waals surface area contributed by atoms with Crippen LogP contribution in [0.2, 0.25) is 0 Å². The number of hydrogen-bond acceptors (Lipinski definition) is 3. The molecule has 0 spiro atoms. The van der Waals surface area contributed by atoms with Crippen LogP contribution in [0.3, 0.4) is 0 Å². The van der Waals surface area contributed by atoms with Crippen LogP contribution in [0.1, 0.15) is 50.2 Å². The summed E-state index contributed by atoms with van der Waals surface area (Å²) in [4.78, 5) is 0. The highest BCUT2D eigenvalue weighted by Crippen LogP contribution is 2.32. The molecule has 0 radical (unpaired) electrons. The second-order valence-corrected chi connectivity index (χ2v) is 6.42. The first-order valence-electron chi connectivity index (χ1n) is 9.49. The van der Waals surface area contributed by atoms with Crippen LogP contribution in [0.15, 0.2) is 42.5 Å². The average Bonchev–Trinajstić information content (AvgIpc) is 2.67. The molecule has 0 bridgehead atoms. The smallest absolute Gasteiger partial charge is 0.166 e. The number of para-hydroxylation sites is 1. The highest BCUT2D eigenvalue weighted by atomic mass is 35.5. The number of methoxy groups -OCH3 is 1. The van der Waals surface area contributed by atoms with Crippen molar-refractivity contribution in [1.82, 2.24) is 5.32 Å². The SMILES string of the molecule is CCCCCCCNCc1cccc(OC)c1OCc1ccccc1F.Cl. The first kappa shape index (κ1) is 23.3. The van der Waals surface area contributed by atoms with Crippen LogP contribution >= 0.6 is 12.4 Å². The molecule has 0 heterocycles. The van der Waals surface area contributed by atoms with Crippen molar-refractivity contribution in [2.24, 2.45) is 0 Å². The summed E-state index contributed by atoms with van der Waals surface area (Å²) in [6, 6.07) is 12.5. The molecule has 0 saturated carbocycles. The Morgan fingerprint density at radius 1 is 0.926 bits per heavy atom. The Balaban J connectivity index is 0.00000364. The van der Waals surface area contributed by atoms with E-state index in [-0.39, 0.29) is 24.8 Å². The van der Waals surface area contributed by atoms with E-state index in [0.717, 1.165) is 12.1 Å². The van der Waals surface area contributed by atoms with Gasteiger partial charge in [-0.05, 0) is 25.1 Å². The molecule has 5 heteroatoms. The average molecular weight is 396 g/mol. The number of benzene rings is 2. The van der Waals surface area contributed by atoms with Crippen LogP contribution in [0.4, 0.5) is 4.39 Å². The molecule has 0 aromatic heterocycles. The third-order valence-electron chi connectivity index (χ3n) is 4.38. The first-order chi connectivity index (χ1) is 12.8. The zero-order valence-corrected chi connectivity index (χ0v) is 17.1. The van der Waals surface area contributed by atoms with E-state index >= 15 is 0 Å². The van der Waals surface area contributed by atoms with Crippen molar-refractivity contribution in [2.75, 3.05) is 13.7 Å². The summed E-state index contributed by atoms with van der Waals surface area (Å²) in [6.07, 6.45) is 6.31. The normalized spacial score (nSPS) is 10.3. The van der Waals surface area contributed by atoms with Gasteiger partial charge in [-0.2, -0.15) is 0 Å². The first-order valence-corrected chi connectivity index (χ1v) is 9.49. The fraction of sp³-hybridized carbons (Fsp3) is 0.455. The molecule has 0 aliphatic rings.